The van der Waals surface area contributed by atoms with Crippen LogP contribution in [0.15, 0.2) is 22.5 Å². The molecule has 0 rings (SSSR count). The van der Waals surface area contributed by atoms with Crippen molar-refractivity contribution in [3.8, 4) is 24.3 Å². The first-order chi connectivity index (χ1) is 4.41. The van der Waals surface area contributed by atoms with E-state index in [0.29, 0.717) is 0 Å². The molecule has 0 aromatic heterocycles. The molecular formula is C7H6N2. The average Bonchev–Trinajstić information content (AvgIpc) is 1.89. The Hall–Kier alpha value is -1.54. The molecule has 0 aliphatic rings. The van der Waals surface area contributed by atoms with Gasteiger partial charge in [0.1, 0.15) is 0 Å². The monoisotopic (exact) mass is 118 g/mol. The van der Waals surface area contributed by atoms with Crippen molar-refractivity contribution in [1.29, 1.82) is 0 Å². The summed E-state index contributed by atoms with van der Waals surface area (Å²) < 4.78 is 0. The van der Waals surface area contributed by atoms with E-state index < -0.39 is 0 Å². The van der Waals surface area contributed by atoms with Crippen molar-refractivity contribution in [2.75, 3.05) is 0 Å². The second-order valence-corrected chi connectivity index (χ2v) is 1.08. The molecule has 0 spiro atoms. The van der Waals surface area contributed by atoms with E-state index >= 15 is 0 Å². The van der Waals surface area contributed by atoms with Gasteiger partial charge in [0.25, 0.3) is 0 Å². The van der Waals surface area contributed by atoms with Crippen LogP contribution in [-0.2, 0) is 0 Å². The van der Waals surface area contributed by atoms with Crippen molar-refractivity contribution in [2.24, 2.45) is 10.2 Å². The van der Waals surface area contributed by atoms with E-state index in [1.807, 2.05) is 6.92 Å². The van der Waals surface area contributed by atoms with Gasteiger partial charge >= 0.3 is 0 Å². The van der Waals surface area contributed by atoms with E-state index in [0.717, 1.165) is 0 Å². The van der Waals surface area contributed by atoms with Crippen LogP contribution in [0, 0.1) is 24.3 Å². The van der Waals surface area contributed by atoms with E-state index in [9.17, 15) is 0 Å². The first kappa shape index (κ1) is 7.46. The molecule has 0 N–H and O–H groups in total. The Kier molecular flexibility index (Phi) is 5.35. The highest BCUT2D eigenvalue weighted by atomic mass is 15.1. The predicted octanol–water partition coefficient (Wildman–Crippen LogP) is 1.57. The lowest BCUT2D eigenvalue weighted by molar-refractivity contribution is 1.26. The Morgan fingerprint density at radius 1 is 1.56 bits per heavy atom. The average molecular weight is 118 g/mol. The highest BCUT2D eigenvalue weighted by molar-refractivity contribution is 5.20. The third kappa shape index (κ3) is 6.46. The first-order valence-electron chi connectivity index (χ1n) is 2.38. The molecule has 0 radical (unpaired) electrons. The van der Waals surface area contributed by atoms with Crippen molar-refractivity contribution in [3.05, 3.63) is 12.3 Å². The van der Waals surface area contributed by atoms with Crippen molar-refractivity contribution in [3.63, 3.8) is 0 Å². The second-order valence-electron chi connectivity index (χ2n) is 1.08. The minimum Gasteiger partial charge on any atom is -0.150 e. The molecule has 0 amide bonds. The fraction of sp³-hybridized carbons (Fsp3) is 0.143. The maximum atomic E-state index is 4.80. The molecule has 0 bridgehead atoms. The number of allylic oxidation sites excluding steroid dienone is 1. The number of rotatable bonds is 1. The number of hydrogen-bond donors (Lipinski definition) is 0. The lowest BCUT2D eigenvalue weighted by Gasteiger charge is -1.64. The molecule has 0 saturated carbocycles. The Bertz CT molecular complexity index is 207. The van der Waals surface area contributed by atoms with Crippen molar-refractivity contribution in [1.82, 2.24) is 0 Å². The van der Waals surface area contributed by atoms with E-state index in [-0.39, 0.29) is 0 Å². The van der Waals surface area contributed by atoms with Gasteiger partial charge in [-0.05, 0) is 12.8 Å². The van der Waals surface area contributed by atoms with Crippen molar-refractivity contribution >= 4 is 0 Å². The summed E-state index contributed by atoms with van der Waals surface area (Å²) in [4.78, 5) is 0. The van der Waals surface area contributed by atoms with Gasteiger partial charge in [-0.2, -0.15) is 5.11 Å². The quantitative estimate of drug-likeness (QED) is 0.369. The summed E-state index contributed by atoms with van der Waals surface area (Å²) in [5, 5.41) is 6.89. The topological polar surface area (TPSA) is 24.7 Å². The zero-order valence-electron chi connectivity index (χ0n) is 5.13. The summed E-state index contributed by atoms with van der Waals surface area (Å²) in [5.74, 6) is 4.40. The Morgan fingerprint density at radius 3 is 2.89 bits per heavy atom. The summed E-state index contributed by atoms with van der Waals surface area (Å²) in [5.41, 5.74) is 0. The van der Waals surface area contributed by atoms with Gasteiger partial charge in [-0.25, -0.2) is 0 Å². The second kappa shape index (κ2) is 6.46. The van der Waals surface area contributed by atoms with Crippen LogP contribution >= 0.6 is 0 Å². The Labute approximate surface area is 54.7 Å². The maximum Gasteiger partial charge on any atom is 0.0719 e. The molecule has 44 valence electrons. The van der Waals surface area contributed by atoms with Crippen LogP contribution in [0.4, 0.5) is 0 Å². The molecule has 0 saturated heterocycles. The molecule has 0 aromatic rings. The van der Waals surface area contributed by atoms with Gasteiger partial charge in [0.05, 0.1) is 6.04 Å². The van der Waals surface area contributed by atoms with Crippen LogP contribution in [0.5, 0.6) is 0 Å². The molecule has 0 atom stereocenters. The van der Waals surface area contributed by atoms with Gasteiger partial charge in [-0.3, -0.25) is 0 Å². The van der Waals surface area contributed by atoms with Crippen LogP contribution in [0.3, 0.4) is 0 Å². The molecule has 2 heteroatoms. The zero-order chi connectivity index (χ0) is 6.95. The standard InChI is InChI=1S/C7H6N2/c1-3-5-7-9-8-6-4-2/h1,4,6H,2H3/b6-4-,9-8-. The zero-order valence-corrected chi connectivity index (χ0v) is 5.13. The van der Waals surface area contributed by atoms with Gasteiger partial charge in [0, 0.05) is 12.1 Å². The SMILES string of the molecule is C#CC#C/N=N\C=C/C. The van der Waals surface area contributed by atoms with Crippen LogP contribution in [0.2, 0.25) is 0 Å². The molecule has 0 heterocycles. The normalized spacial score (nSPS) is 8.89. The number of nitrogens with zero attached hydrogens (tertiary/aromatic N) is 2. The number of hydrogen-bond acceptors (Lipinski definition) is 2. The third-order valence-corrected chi connectivity index (χ3v) is 0.452. The van der Waals surface area contributed by atoms with Crippen molar-refractivity contribution < 1.29 is 0 Å². The summed E-state index contributed by atoms with van der Waals surface area (Å²) >= 11 is 0. The summed E-state index contributed by atoms with van der Waals surface area (Å²) in [6, 6.07) is 2.29. The van der Waals surface area contributed by atoms with Crippen LogP contribution in [-0.4, -0.2) is 0 Å². The molecule has 0 aliphatic heterocycles. The van der Waals surface area contributed by atoms with E-state index in [2.05, 4.69) is 28.1 Å². The van der Waals surface area contributed by atoms with Gasteiger partial charge < -0.3 is 0 Å². The fourth-order valence-electron chi connectivity index (χ4n) is 0.186. The first-order valence-corrected chi connectivity index (χ1v) is 2.38. The van der Waals surface area contributed by atoms with Gasteiger partial charge in [0.15, 0.2) is 0 Å². The smallest absolute Gasteiger partial charge is 0.0719 e. The van der Waals surface area contributed by atoms with Crippen molar-refractivity contribution in [2.45, 2.75) is 6.92 Å². The van der Waals surface area contributed by atoms with E-state index in [1.165, 1.54) is 6.20 Å². The number of azo groups is 1. The molecule has 0 aromatic carbocycles. The highest BCUT2D eigenvalue weighted by Crippen LogP contribution is 1.74. The highest BCUT2D eigenvalue weighted by Gasteiger charge is 1.56. The van der Waals surface area contributed by atoms with E-state index in [4.69, 9.17) is 6.42 Å². The maximum absolute atomic E-state index is 4.80. The van der Waals surface area contributed by atoms with Crippen LogP contribution in [0.1, 0.15) is 6.92 Å². The minimum absolute atomic E-state index is 1.53. The molecule has 0 aliphatic carbocycles. The molecule has 2 nitrogen and oxygen atoms in total. The summed E-state index contributed by atoms with van der Waals surface area (Å²) in [7, 11) is 0. The van der Waals surface area contributed by atoms with Crippen LogP contribution < -0.4 is 0 Å². The lowest BCUT2D eigenvalue weighted by atomic mass is 10.7. The Balaban J connectivity index is 3.63. The molecule has 9 heavy (non-hydrogen) atoms. The minimum atomic E-state index is 1.53. The van der Waals surface area contributed by atoms with Crippen LogP contribution in [0.25, 0.3) is 0 Å². The lowest BCUT2D eigenvalue weighted by Crippen LogP contribution is -1.47. The fourth-order valence-corrected chi connectivity index (χ4v) is 0.186. The molecule has 0 unspecified atom stereocenters. The summed E-state index contributed by atoms with van der Waals surface area (Å²) in [6.07, 6.45) is 8.08. The third-order valence-electron chi connectivity index (χ3n) is 0.452. The van der Waals surface area contributed by atoms with Gasteiger partial charge in [-0.1, -0.05) is 11.2 Å². The molecular weight excluding hydrogens is 112 g/mol. The number of terminal acetylenes is 1. The largest absolute Gasteiger partial charge is 0.150 e. The van der Waals surface area contributed by atoms with Gasteiger partial charge in [0.2, 0.25) is 0 Å². The Morgan fingerprint density at radius 2 is 2.33 bits per heavy atom. The van der Waals surface area contributed by atoms with E-state index in [1.54, 1.807) is 6.08 Å². The summed E-state index contributed by atoms with van der Waals surface area (Å²) in [6.45, 7) is 1.84. The predicted molar refractivity (Wildman–Crippen MR) is 36.3 cm³/mol. The van der Waals surface area contributed by atoms with Gasteiger partial charge in [-0.15, -0.1) is 6.42 Å². The molecule has 0 fully saturated rings.